The zero-order valence-electron chi connectivity index (χ0n) is 12.0. The van der Waals surface area contributed by atoms with Crippen molar-refractivity contribution < 1.29 is 18.0 Å². The molecule has 2 nitrogen and oxygen atoms in total. The Bertz CT molecular complexity index is 491. The Morgan fingerprint density at radius 3 is 2.14 bits per heavy atom. The standard InChI is InChI=1S/C15H18F3NOS/c1-10-4-3-5-11(2)19(10)14(20)12-6-8-13(9-7-12)21-15(16,17)18/h6-11H,3-5H2,1-2H3. The minimum atomic E-state index is -4.30. The summed E-state index contributed by atoms with van der Waals surface area (Å²) in [4.78, 5) is 14.5. The lowest BCUT2D eigenvalue weighted by molar-refractivity contribution is -0.0328. The Morgan fingerprint density at radius 1 is 1.14 bits per heavy atom. The maximum atomic E-state index is 12.5. The van der Waals surface area contributed by atoms with E-state index in [0.717, 1.165) is 19.3 Å². The Kier molecular flexibility index (Phi) is 4.86. The van der Waals surface area contributed by atoms with Gasteiger partial charge in [-0.25, -0.2) is 0 Å². The SMILES string of the molecule is CC1CCCC(C)N1C(=O)c1ccc(SC(F)(F)F)cc1. The number of carbonyl (C=O) groups is 1. The maximum absolute atomic E-state index is 12.5. The molecule has 1 heterocycles. The van der Waals surface area contributed by atoms with Crippen molar-refractivity contribution in [3.05, 3.63) is 29.8 Å². The molecule has 1 aliphatic heterocycles. The molecule has 2 unspecified atom stereocenters. The molecule has 116 valence electrons. The molecule has 2 atom stereocenters. The summed E-state index contributed by atoms with van der Waals surface area (Å²) < 4.78 is 36.8. The van der Waals surface area contributed by atoms with Crippen molar-refractivity contribution in [2.45, 2.75) is 55.6 Å². The Morgan fingerprint density at radius 2 is 1.67 bits per heavy atom. The summed E-state index contributed by atoms with van der Waals surface area (Å²) >= 11 is -0.167. The first-order valence-electron chi connectivity index (χ1n) is 6.96. The second-order valence-electron chi connectivity index (χ2n) is 5.41. The predicted molar refractivity (Wildman–Crippen MR) is 77.3 cm³/mol. The van der Waals surface area contributed by atoms with Crippen molar-refractivity contribution >= 4 is 17.7 Å². The number of likely N-dealkylation sites (tertiary alicyclic amines) is 1. The largest absolute Gasteiger partial charge is 0.446 e. The zero-order valence-corrected chi connectivity index (χ0v) is 12.8. The van der Waals surface area contributed by atoms with Crippen LogP contribution in [0.15, 0.2) is 29.2 Å². The minimum absolute atomic E-state index is 0.0961. The van der Waals surface area contributed by atoms with Crippen molar-refractivity contribution in [2.75, 3.05) is 0 Å². The first kappa shape index (κ1) is 16.2. The quantitative estimate of drug-likeness (QED) is 0.737. The highest BCUT2D eigenvalue weighted by atomic mass is 32.2. The first-order chi connectivity index (χ1) is 9.78. The lowest BCUT2D eigenvalue weighted by atomic mass is 9.96. The van der Waals surface area contributed by atoms with Crippen molar-refractivity contribution in [3.63, 3.8) is 0 Å². The van der Waals surface area contributed by atoms with Crippen molar-refractivity contribution in [1.29, 1.82) is 0 Å². The number of hydrogen-bond donors (Lipinski definition) is 0. The van der Waals surface area contributed by atoms with Gasteiger partial charge in [0, 0.05) is 22.5 Å². The summed E-state index contributed by atoms with van der Waals surface area (Å²) in [6, 6.07) is 6.00. The fraction of sp³-hybridized carbons (Fsp3) is 0.533. The first-order valence-corrected chi connectivity index (χ1v) is 7.78. The van der Waals surface area contributed by atoms with Gasteiger partial charge in [-0.05, 0) is 69.1 Å². The van der Waals surface area contributed by atoms with Gasteiger partial charge in [-0.15, -0.1) is 0 Å². The summed E-state index contributed by atoms with van der Waals surface area (Å²) in [7, 11) is 0. The number of rotatable bonds is 2. The number of piperidine rings is 1. The zero-order chi connectivity index (χ0) is 15.6. The van der Waals surface area contributed by atoms with E-state index in [0.29, 0.717) is 5.56 Å². The molecular weight excluding hydrogens is 299 g/mol. The molecule has 21 heavy (non-hydrogen) atoms. The third-order valence-electron chi connectivity index (χ3n) is 3.76. The minimum Gasteiger partial charge on any atom is -0.333 e. The van der Waals surface area contributed by atoms with Gasteiger partial charge in [0.15, 0.2) is 0 Å². The van der Waals surface area contributed by atoms with Gasteiger partial charge in [0.05, 0.1) is 0 Å². The van der Waals surface area contributed by atoms with Crippen LogP contribution in [0.5, 0.6) is 0 Å². The molecule has 0 aliphatic carbocycles. The van der Waals surface area contributed by atoms with E-state index >= 15 is 0 Å². The van der Waals surface area contributed by atoms with Gasteiger partial charge < -0.3 is 4.90 Å². The number of thioether (sulfide) groups is 1. The van der Waals surface area contributed by atoms with Crippen LogP contribution in [0.25, 0.3) is 0 Å². The van der Waals surface area contributed by atoms with Crippen LogP contribution in [0.2, 0.25) is 0 Å². The molecule has 2 rings (SSSR count). The summed E-state index contributed by atoms with van der Waals surface area (Å²) in [6.07, 6.45) is 3.05. The van der Waals surface area contributed by atoms with Crippen molar-refractivity contribution in [1.82, 2.24) is 4.90 Å². The Balaban J connectivity index is 2.12. The smallest absolute Gasteiger partial charge is 0.333 e. The number of carbonyl (C=O) groups excluding carboxylic acids is 1. The molecule has 0 N–H and O–H groups in total. The summed E-state index contributed by atoms with van der Waals surface area (Å²) in [6.45, 7) is 4.03. The number of amides is 1. The summed E-state index contributed by atoms with van der Waals surface area (Å²) in [5.74, 6) is -0.0988. The second-order valence-corrected chi connectivity index (χ2v) is 6.55. The van der Waals surface area contributed by atoms with Crippen LogP contribution in [0.3, 0.4) is 0 Å². The van der Waals surface area contributed by atoms with Crippen LogP contribution in [-0.2, 0) is 0 Å². The van der Waals surface area contributed by atoms with Crippen LogP contribution in [0.4, 0.5) is 13.2 Å². The molecule has 0 saturated carbocycles. The third-order valence-corrected chi connectivity index (χ3v) is 4.50. The molecule has 1 aromatic carbocycles. The number of halogens is 3. The van der Waals surface area contributed by atoms with Gasteiger partial charge in [-0.2, -0.15) is 13.2 Å². The highest BCUT2D eigenvalue weighted by Gasteiger charge is 2.31. The lowest BCUT2D eigenvalue weighted by Crippen LogP contribution is -2.47. The van der Waals surface area contributed by atoms with Gasteiger partial charge in [-0.3, -0.25) is 4.79 Å². The monoisotopic (exact) mass is 317 g/mol. The number of hydrogen-bond acceptors (Lipinski definition) is 2. The van der Waals surface area contributed by atoms with Gasteiger partial charge in [-0.1, -0.05) is 0 Å². The molecule has 1 aromatic rings. The Hall–Kier alpha value is -1.17. The Labute approximate surface area is 126 Å². The third kappa shape index (κ3) is 4.15. The van der Waals surface area contributed by atoms with Gasteiger partial charge >= 0.3 is 5.51 Å². The topological polar surface area (TPSA) is 20.3 Å². The predicted octanol–water partition coefficient (Wildman–Crippen LogP) is 4.70. The molecule has 6 heteroatoms. The summed E-state index contributed by atoms with van der Waals surface area (Å²) in [5.41, 5.74) is -3.86. The fourth-order valence-electron chi connectivity index (χ4n) is 2.77. The molecule has 1 saturated heterocycles. The van der Waals surface area contributed by atoms with Crippen molar-refractivity contribution in [3.8, 4) is 0 Å². The normalized spacial score (nSPS) is 23.2. The number of benzene rings is 1. The molecule has 1 fully saturated rings. The van der Waals surface area contributed by atoms with Gasteiger partial charge in [0.1, 0.15) is 0 Å². The van der Waals surface area contributed by atoms with E-state index < -0.39 is 5.51 Å². The van der Waals surface area contributed by atoms with Crippen LogP contribution in [-0.4, -0.2) is 28.4 Å². The highest BCUT2D eigenvalue weighted by molar-refractivity contribution is 8.00. The fourth-order valence-corrected chi connectivity index (χ4v) is 3.31. The van der Waals surface area contributed by atoms with Crippen LogP contribution in [0.1, 0.15) is 43.5 Å². The summed E-state index contributed by atoms with van der Waals surface area (Å²) in [5, 5.41) is 0. The van der Waals surface area contributed by atoms with Crippen LogP contribution in [0, 0.1) is 0 Å². The van der Waals surface area contributed by atoms with Crippen LogP contribution < -0.4 is 0 Å². The molecule has 1 aliphatic rings. The van der Waals surface area contributed by atoms with E-state index in [1.54, 1.807) is 0 Å². The molecule has 0 bridgehead atoms. The van der Waals surface area contributed by atoms with E-state index in [4.69, 9.17) is 0 Å². The molecule has 0 radical (unpaired) electrons. The highest BCUT2D eigenvalue weighted by Crippen LogP contribution is 2.36. The van der Waals surface area contributed by atoms with E-state index in [-0.39, 0.29) is 34.6 Å². The van der Waals surface area contributed by atoms with Gasteiger partial charge in [0.25, 0.3) is 5.91 Å². The molecule has 0 spiro atoms. The van der Waals surface area contributed by atoms with E-state index in [1.165, 1.54) is 24.3 Å². The molecule has 0 aromatic heterocycles. The van der Waals surface area contributed by atoms with Crippen LogP contribution >= 0.6 is 11.8 Å². The lowest BCUT2D eigenvalue weighted by Gasteiger charge is -2.39. The van der Waals surface area contributed by atoms with E-state index in [9.17, 15) is 18.0 Å². The van der Waals surface area contributed by atoms with E-state index in [1.807, 2.05) is 18.7 Å². The van der Waals surface area contributed by atoms with Crippen molar-refractivity contribution in [2.24, 2.45) is 0 Å². The maximum Gasteiger partial charge on any atom is 0.446 e. The average Bonchev–Trinajstić information content (AvgIpc) is 2.37. The molecular formula is C15H18F3NOS. The van der Waals surface area contributed by atoms with Gasteiger partial charge in [0.2, 0.25) is 0 Å². The number of nitrogens with zero attached hydrogens (tertiary/aromatic N) is 1. The molecule has 1 amide bonds. The average molecular weight is 317 g/mol. The van der Waals surface area contributed by atoms with E-state index in [2.05, 4.69) is 0 Å². The number of alkyl halides is 3. The second kappa shape index (κ2) is 6.30.